The highest BCUT2D eigenvalue weighted by molar-refractivity contribution is 9.10. The summed E-state index contributed by atoms with van der Waals surface area (Å²) in [6.07, 6.45) is 2.02. The van der Waals surface area contributed by atoms with E-state index >= 15 is 0 Å². The first kappa shape index (κ1) is 13.3. The van der Waals surface area contributed by atoms with E-state index in [4.69, 9.17) is 10.7 Å². The number of nitrogens with zero attached hydrogens (tertiary/aromatic N) is 3. The summed E-state index contributed by atoms with van der Waals surface area (Å²) in [6, 6.07) is 7.97. The zero-order valence-corrected chi connectivity index (χ0v) is 13.0. The van der Waals surface area contributed by atoms with Crippen LogP contribution in [-0.4, -0.2) is 14.5 Å². The average Bonchev–Trinajstić information content (AvgIpc) is 2.76. The third-order valence-corrected chi connectivity index (χ3v) is 4.10. The first-order chi connectivity index (χ1) is 9.61. The molecular weight excluding hydrogens is 316 g/mol. The Kier molecular flexibility index (Phi) is 3.31. The highest BCUT2D eigenvalue weighted by atomic mass is 79.9. The van der Waals surface area contributed by atoms with Gasteiger partial charge in [-0.15, -0.1) is 0 Å². The lowest BCUT2D eigenvalue weighted by Gasteiger charge is -2.06. The van der Waals surface area contributed by atoms with Crippen LogP contribution in [0.1, 0.15) is 11.3 Å². The normalized spacial score (nSPS) is 11.2. The molecule has 0 atom stereocenters. The van der Waals surface area contributed by atoms with Gasteiger partial charge in [0.05, 0.1) is 5.69 Å². The Bertz CT molecular complexity index is 792. The van der Waals surface area contributed by atoms with Gasteiger partial charge in [0.15, 0.2) is 5.82 Å². The molecule has 0 aliphatic carbocycles. The fraction of sp³-hybridized carbons (Fsp3) is 0.200. The second kappa shape index (κ2) is 5.00. The van der Waals surface area contributed by atoms with Crippen molar-refractivity contribution in [2.75, 3.05) is 0 Å². The fourth-order valence-corrected chi connectivity index (χ4v) is 2.93. The lowest BCUT2D eigenvalue weighted by molar-refractivity contribution is 0.930. The van der Waals surface area contributed by atoms with Gasteiger partial charge in [0.2, 0.25) is 0 Å². The topological polar surface area (TPSA) is 56.7 Å². The van der Waals surface area contributed by atoms with Gasteiger partial charge >= 0.3 is 0 Å². The first-order valence-electron chi connectivity index (χ1n) is 6.39. The molecule has 4 nitrogen and oxygen atoms in total. The van der Waals surface area contributed by atoms with E-state index in [-0.39, 0.29) is 0 Å². The molecule has 0 aliphatic heterocycles. The number of aryl methyl sites for hydroxylation is 2. The van der Waals surface area contributed by atoms with Crippen molar-refractivity contribution in [2.24, 2.45) is 12.8 Å². The zero-order chi connectivity index (χ0) is 14.3. The van der Waals surface area contributed by atoms with Crippen LogP contribution in [0.15, 0.2) is 34.9 Å². The molecule has 1 aromatic carbocycles. The minimum Gasteiger partial charge on any atom is -0.335 e. The average molecular weight is 331 g/mol. The van der Waals surface area contributed by atoms with Gasteiger partial charge in [-0.25, -0.2) is 9.97 Å². The van der Waals surface area contributed by atoms with Crippen LogP contribution < -0.4 is 5.73 Å². The second-order valence-corrected chi connectivity index (χ2v) is 5.63. The minimum absolute atomic E-state index is 0.496. The molecule has 102 valence electrons. The maximum atomic E-state index is 5.80. The van der Waals surface area contributed by atoms with Gasteiger partial charge in [0.1, 0.15) is 5.65 Å². The van der Waals surface area contributed by atoms with Crippen molar-refractivity contribution in [3.8, 4) is 11.4 Å². The summed E-state index contributed by atoms with van der Waals surface area (Å²) in [6.45, 7) is 2.50. The Morgan fingerprint density at radius 3 is 2.70 bits per heavy atom. The van der Waals surface area contributed by atoms with E-state index in [0.717, 1.165) is 38.2 Å². The molecule has 0 aliphatic rings. The number of benzene rings is 1. The number of fused-ring (bicyclic) bond motifs is 1. The molecule has 2 aromatic heterocycles. The minimum atomic E-state index is 0.496. The van der Waals surface area contributed by atoms with Gasteiger partial charge in [0.25, 0.3) is 0 Å². The van der Waals surface area contributed by atoms with Crippen LogP contribution >= 0.6 is 15.9 Å². The molecule has 0 radical (unpaired) electrons. The van der Waals surface area contributed by atoms with Gasteiger partial charge in [-0.2, -0.15) is 0 Å². The van der Waals surface area contributed by atoms with E-state index in [1.54, 1.807) is 0 Å². The molecule has 5 heteroatoms. The van der Waals surface area contributed by atoms with Crippen LogP contribution in [-0.2, 0) is 13.6 Å². The number of aromatic nitrogens is 3. The molecule has 0 unspecified atom stereocenters. The van der Waals surface area contributed by atoms with Gasteiger partial charge < -0.3 is 10.3 Å². The molecular formula is C15H15BrN4. The summed E-state index contributed by atoms with van der Waals surface area (Å²) >= 11 is 3.55. The van der Waals surface area contributed by atoms with Crippen molar-refractivity contribution in [3.05, 3.63) is 46.2 Å². The maximum absolute atomic E-state index is 5.80. The summed E-state index contributed by atoms with van der Waals surface area (Å²) in [5, 5.41) is 1.06. The molecule has 0 saturated carbocycles. The SMILES string of the molecule is Cc1nc(-c2ccccc2Br)nc2c1c(CN)cn2C. The Morgan fingerprint density at radius 1 is 1.25 bits per heavy atom. The van der Waals surface area contributed by atoms with Crippen LogP contribution in [0.4, 0.5) is 0 Å². The molecule has 0 amide bonds. The highest BCUT2D eigenvalue weighted by Gasteiger charge is 2.14. The van der Waals surface area contributed by atoms with E-state index in [9.17, 15) is 0 Å². The van der Waals surface area contributed by atoms with Crippen molar-refractivity contribution < 1.29 is 0 Å². The standard InChI is InChI=1S/C15H15BrN4/c1-9-13-10(7-17)8-20(2)15(13)19-14(18-9)11-5-3-4-6-12(11)16/h3-6,8H,7,17H2,1-2H3. The van der Waals surface area contributed by atoms with Crippen LogP contribution in [0.5, 0.6) is 0 Å². The van der Waals surface area contributed by atoms with E-state index in [0.29, 0.717) is 6.54 Å². The Morgan fingerprint density at radius 2 is 2.00 bits per heavy atom. The van der Waals surface area contributed by atoms with Crippen molar-refractivity contribution in [1.82, 2.24) is 14.5 Å². The molecule has 20 heavy (non-hydrogen) atoms. The summed E-state index contributed by atoms with van der Waals surface area (Å²) in [5.41, 5.74) is 9.75. The van der Waals surface area contributed by atoms with Crippen LogP contribution in [0.25, 0.3) is 22.4 Å². The summed E-state index contributed by atoms with van der Waals surface area (Å²) in [7, 11) is 1.98. The predicted molar refractivity (Wildman–Crippen MR) is 84.3 cm³/mol. The summed E-state index contributed by atoms with van der Waals surface area (Å²) in [5.74, 6) is 0.729. The lowest BCUT2D eigenvalue weighted by atomic mass is 10.1. The van der Waals surface area contributed by atoms with Crippen molar-refractivity contribution in [2.45, 2.75) is 13.5 Å². The second-order valence-electron chi connectivity index (χ2n) is 4.78. The third kappa shape index (κ3) is 2.03. The molecule has 0 bridgehead atoms. The lowest BCUT2D eigenvalue weighted by Crippen LogP contribution is -1.99. The van der Waals surface area contributed by atoms with Crippen LogP contribution in [0, 0.1) is 6.92 Å². The van der Waals surface area contributed by atoms with E-state index < -0.39 is 0 Å². The predicted octanol–water partition coefficient (Wildman–Crippen LogP) is 3.16. The van der Waals surface area contributed by atoms with Gasteiger partial charge in [-0.05, 0) is 18.6 Å². The number of halogens is 1. The smallest absolute Gasteiger partial charge is 0.162 e. The molecule has 3 rings (SSSR count). The quantitative estimate of drug-likeness (QED) is 0.785. The highest BCUT2D eigenvalue weighted by Crippen LogP contribution is 2.29. The van der Waals surface area contributed by atoms with Gasteiger partial charge in [0, 0.05) is 35.2 Å². The Balaban J connectivity index is 2.30. The molecule has 0 fully saturated rings. The monoisotopic (exact) mass is 330 g/mol. The number of hydrogen-bond acceptors (Lipinski definition) is 3. The molecule has 0 spiro atoms. The molecule has 2 N–H and O–H groups in total. The van der Waals surface area contributed by atoms with E-state index in [2.05, 4.69) is 20.9 Å². The van der Waals surface area contributed by atoms with Crippen LogP contribution in [0.3, 0.4) is 0 Å². The summed E-state index contributed by atoms with van der Waals surface area (Å²) < 4.78 is 3.00. The Labute approximate surface area is 125 Å². The first-order valence-corrected chi connectivity index (χ1v) is 7.18. The van der Waals surface area contributed by atoms with E-state index in [1.165, 1.54) is 0 Å². The van der Waals surface area contributed by atoms with Crippen molar-refractivity contribution >= 4 is 27.0 Å². The van der Waals surface area contributed by atoms with Crippen molar-refractivity contribution in [1.29, 1.82) is 0 Å². The summed E-state index contributed by atoms with van der Waals surface area (Å²) in [4.78, 5) is 9.35. The molecule has 3 aromatic rings. The fourth-order valence-electron chi connectivity index (χ4n) is 2.47. The van der Waals surface area contributed by atoms with Gasteiger partial charge in [-0.3, -0.25) is 0 Å². The molecule has 0 saturated heterocycles. The Hall–Kier alpha value is -1.72. The number of nitrogens with two attached hydrogens (primary N) is 1. The largest absolute Gasteiger partial charge is 0.335 e. The van der Waals surface area contributed by atoms with E-state index in [1.807, 2.05) is 49.0 Å². The van der Waals surface area contributed by atoms with Gasteiger partial charge in [-0.1, -0.05) is 34.1 Å². The molecule has 2 heterocycles. The maximum Gasteiger partial charge on any atom is 0.162 e. The number of rotatable bonds is 2. The van der Waals surface area contributed by atoms with Crippen LogP contribution in [0.2, 0.25) is 0 Å². The van der Waals surface area contributed by atoms with Crippen molar-refractivity contribution in [3.63, 3.8) is 0 Å². The number of hydrogen-bond donors (Lipinski definition) is 1. The zero-order valence-electron chi connectivity index (χ0n) is 11.4. The third-order valence-electron chi connectivity index (χ3n) is 3.41.